The number of rotatable bonds is 1. The second-order valence-corrected chi connectivity index (χ2v) is 4.98. The van der Waals surface area contributed by atoms with Crippen molar-refractivity contribution in [1.29, 1.82) is 0 Å². The molecule has 0 N–H and O–H groups in total. The van der Waals surface area contributed by atoms with Crippen molar-refractivity contribution in [1.82, 2.24) is 4.98 Å². The Morgan fingerprint density at radius 3 is 2.88 bits per heavy atom. The molecular formula is C12H14F2N2. The summed E-state index contributed by atoms with van der Waals surface area (Å²) in [7, 11) is 0. The fourth-order valence-corrected chi connectivity index (χ4v) is 2.76. The van der Waals surface area contributed by atoms with E-state index >= 15 is 0 Å². The van der Waals surface area contributed by atoms with Gasteiger partial charge in [0.1, 0.15) is 5.82 Å². The molecule has 3 rings (SSSR count). The number of fused-ring (bicyclic) bond motifs is 1. The van der Waals surface area contributed by atoms with E-state index in [-0.39, 0.29) is 0 Å². The molecule has 4 heteroatoms. The van der Waals surface area contributed by atoms with Crippen LogP contribution in [0.1, 0.15) is 13.3 Å². The van der Waals surface area contributed by atoms with Gasteiger partial charge in [0, 0.05) is 24.7 Å². The molecule has 0 radical (unpaired) electrons. The summed E-state index contributed by atoms with van der Waals surface area (Å²) in [5.41, 5.74) is -0.752. The Kier molecular flexibility index (Phi) is 1.83. The zero-order chi connectivity index (χ0) is 11.4. The molecule has 2 atom stereocenters. The highest BCUT2D eigenvalue weighted by Crippen LogP contribution is 2.69. The third-order valence-corrected chi connectivity index (χ3v) is 4.16. The lowest BCUT2D eigenvalue weighted by atomic mass is 9.97. The maximum Gasteiger partial charge on any atom is 0.259 e. The molecule has 1 saturated heterocycles. The van der Waals surface area contributed by atoms with E-state index in [4.69, 9.17) is 0 Å². The maximum absolute atomic E-state index is 13.5. The van der Waals surface area contributed by atoms with E-state index in [0.29, 0.717) is 19.5 Å². The van der Waals surface area contributed by atoms with Crippen molar-refractivity contribution in [3.8, 4) is 0 Å². The Hall–Kier alpha value is -1.19. The number of pyridine rings is 1. The number of halogens is 2. The van der Waals surface area contributed by atoms with Crippen molar-refractivity contribution in [3.63, 3.8) is 0 Å². The second kappa shape index (κ2) is 2.93. The van der Waals surface area contributed by atoms with E-state index in [1.807, 2.05) is 23.1 Å². The average molecular weight is 224 g/mol. The first-order chi connectivity index (χ1) is 7.56. The van der Waals surface area contributed by atoms with Gasteiger partial charge in [-0.1, -0.05) is 13.0 Å². The lowest BCUT2D eigenvalue weighted by Crippen LogP contribution is -2.34. The highest BCUT2D eigenvalue weighted by molar-refractivity contribution is 5.41. The summed E-state index contributed by atoms with van der Waals surface area (Å²) in [6, 6.07) is 5.60. The standard InChI is InChI=1S/C12H14F2N2/c1-11-5-7-16(8-9(11)12(11,13)14)10-4-2-3-6-15-10/h2-4,6,9H,5,7-8H2,1H3/t9-,11+/m1/s1. The van der Waals surface area contributed by atoms with E-state index in [2.05, 4.69) is 4.98 Å². The number of hydrogen-bond donors (Lipinski definition) is 0. The SMILES string of the molecule is C[C@]12CCN(c3ccccn3)C[C@H]1C2(F)F. The number of hydrogen-bond acceptors (Lipinski definition) is 2. The van der Waals surface area contributed by atoms with Crippen LogP contribution in [0.15, 0.2) is 24.4 Å². The van der Waals surface area contributed by atoms with E-state index in [1.54, 1.807) is 13.1 Å². The molecule has 2 nitrogen and oxygen atoms in total. The molecule has 0 aromatic carbocycles. The quantitative estimate of drug-likeness (QED) is 0.728. The largest absolute Gasteiger partial charge is 0.356 e. The number of nitrogens with zero attached hydrogens (tertiary/aromatic N) is 2. The van der Waals surface area contributed by atoms with Gasteiger partial charge in [0.2, 0.25) is 0 Å². The first kappa shape index (κ1) is 10.00. The smallest absolute Gasteiger partial charge is 0.259 e. The predicted molar refractivity (Wildman–Crippen MR) is 57.6 cm³/mol. The van der Waals surface area contributed by atoms with Gasteiger partial charge in [-0.05, 0) is 18.6 Å². The zero-order valence-corrected chi connectivity index (χ0v) is 9.16. The minimum absolute atomic E-state index is 0.431. The predicted octanol–water partition coefficient (Wildman–Crippen LogP) is 2.56. The Bertz CT molecular complexity index is 407. The first-order valence-corrected chi connectivity index (χ1v) is 5.59. The normalized spacial score (nSPS) is 35.7. The summed E-state index contributed by atoms with van der Waals surface area (Å²) in [6.45, 7) is 2.81. The van der Waals surface area contributed by atoms with E-state index < -0.39 is 17.3 Å². The fraction of sp³-hybridized carbons (Fsp3) is 0.583. The summed E-state index contributed by atoms with van der Waals surface area (Å²) in [4.78, 5) is 6.17. The summed E-state index contributed by atoms with van der Waals surface area (Å²) in [5.74, 6) is -2.15. The van der Waals surface area contributed by atoms with Gasteiger partial charge in [-0.25, -0.2) is 13.8 Å². The Morgan fingerprint density at radius 1 is 1.44 bits per heavy atom. The van der Waals surface area contributed by atoms with Gasteiger partial charge in [0.25, 0.3) is 5.92 Å². The van der Waals surface area contributed by atoms with Crippen LogP contribution < -0.4 is 4.90 Å². The van der Waals surface area contributed by atoms with Crippen molar-refractivity contribution in [2.75, 3.05) is 18.0 Å². The van der Waals surface area contributed by atoms with Gasteiger partial charge >= 0.3 is 0 Å². The Labute approximate surface area is 93.3 Å². The number of anilines is 1. The number of aromatic nitrogens is 1. The lowest BCUT2D eigenvalue weighted by molar-refractivity contribution is 0.0636. The zero-order valence-electron chi connectivity index (χ0n) is 9.16. The summed E-state index contributed by atoms with van der Waals surface area (Å²) >= 11 is 0. The molecule has 1 aromatic heterocycles. The molecule has 1 aliphatic heterocycles. The van der Waals surface area contributed by atoms with Crippen LogP contribution in [0.25, 0.3) is 0 Å². The number of piperidine rings is 1. The highest BCUT2D eigenvalue weighted by Gasteiger charge is 2.78. The fourth-order valence-electron chi connectivity index (χ4n) is 2.76. The van der Waals surface area contributed by atoms with Gasteiger partial charge in [0.05, 0.1) is 5.92 Å². The third-order valence-electron chi connectivity index (χ3n) is 4.16. The number of alkyl halides is 2. The summed E-state index contributed by atoms with van der Waals surface area (Å²) in [6.07, 6.45) is 2.26. The molecule has 86 valence electrons. The topological polar surface area (TPSA) is 16.1 Å². The van der Waals surface area contributed by atoms with Crippen LogP contribution in [0.5, 0.6) is 0 Å². The molecule has 0 amide bonds. The van der Waals surface area contributed by atoms with E-state index in [1.165, 1.54) is 0 Å². The molecular weight excluding hydrogens is 210 g/mol. The first-order valence-electron chi connectivity index (χ1n) is 5.59. The van der Waals surface area contributed by atoms with Crippen molar-refractivity contribution in [3.05, 3.63) is 24.4 Å². The van der Waals surface area contributed by atoms with Crippen LogP contribution in [-0.4, -0.2) is 24.0 Å². The molecule has 1 aromatic rings. The molecule has 16 heavy (non-hydrogen) atoms. The van der Waals surface area contributed by atoms with Gasteiger partial charge < -0.3 is 4.90 Å². The van der Waals surface area contributed by atoms with Crippen molar-refractivity contribution < 1.29 is 8.78 Å². The summed E-state index contributed by atoms with van der Waals surface area (Å²) < 4.78 is 27.1. The van der Waals surface area contributed by atoms with Crippen LogP contribution in [0.3, 0.4) is 0 Å². The lowest BCUT2D eigenvalue weighted by Gasteiger charge is -2.29. The Morgan fingerprint density at radius 2 is 2.25 bits per heavy atom. The molecule has 1 aliphatic carbocycles. The summed E-state index contributed by atoms with van der Waals surface area (Å²) in [5, 5.41) is 0. The van der Waals surface area contributed by atoms with Crippen molar-refractivity contribution in [2.45, 2.75) is 19.3 Å². The van der Waals surface area contributed by atoms with Gasteiger partial charge in [-0.2, -0.15) is 0 Å². The van der Waals surface area contributed by atoms with Crippen LogP contribution in [0, 0.1) is 11.3 Å². The minimum Gasteiger partial charge on any atom is -0.356 e. The second-order valence-electron chi connectivity index (χ2n) is 4.98. The molecule has 2 fully saturated rings. The highest BCUT2D eigenvalue weighted by atomic mass is 19.3. The molecule has 0 spiro atoms. The monoisotopic (exact) mass is 224 g/mol. The molecule has 2 aliphatic rings. The maximum atomic E-state index is 13.5. The van der Waals surface area contributed by atoms with Crippen LogP contribution >= 0.6 is 0 Å². The van der Waals surface area contributed by atoms with Crippen molar-refractivity contribution >= 4 is 5.82 Å². The molecule has 1 saturated carbocycles. The van der Waals surface area contributed by atoms with Gasteiger partial charge in [-0.3, -0.25) is 0 Å². The van der Waals surface area contributed by atoms with Gasteiger partial charge in [-0.15, -0.1) is 0 Å². The van der Waals surface area contributed by atoms with Gasteiger partial charge in [0.15, 0.2) is 0 Å². The average Bonchev–Trinajstić information content (AvgIpc) is 2.74. The molecule has 0 unspecified atom stereocenters. The third kappa shape index (κ3) is 1.13. The van der Waals surface area contributed by atoms with Crippen LogP contribution in [0.4, 0.5) is 14.6 Å². The van der Waals surface area contributed by atoms with Crippen molar-refractivity contribution in [2.24, 2.45) is 11.3 Å². The molecule has 2 heterocycles. The van der Waals surface area contributed by atoms with E-state index in [0.717, 1.165) is 5.82 Å². The van der Waals surface area contributed by atoms with E-state index in [9.17, 15) is 8.78 Å². The Balaban J connectivity index is 1.80. The van der Waals surface area contributed by atoms with Crippen LogP contribution in [0.2, 0.25) is 0 Å². The molecule has 0 bridgehead atoms. The minimum atomic E-state index is -2.48. The van der Waals surface area contributed by atoms with Crippen LogP contribution in [-0.2, 0) is 0 Å².